The van der Waals surface area contributed by atoms with Gasteiger partial charge in [-0.1, -0.05) is 104 Å². The summed E-state index contributed by atoms with van der Waals surface area (Å²) in [6, 6.07) is 35.4. The Bertz CT molecular complexity index is 1450. The molecule has 38 heavy (non-hydrogen) atoms. The van der Waals surface area contributed by atoms with Crippen LogP contribution in [0.4, 0.5) is 5.69 Å². The third kappa shape index (κ3) is 5.45. The monoisotopic (exact) mass is 495 g/mol. The van der Waals surface area contributed by atoms with Crippen molar-refractivity contribution in [2.24, 2.45) is 5.73 Å². The zero-order valence-electron chi connectivity index (χ0n) is 21.7. The number of hydrogen-bond donors (Lipinski definition) is 2. The molecule has 4 aromatic carbocycles. The highest BCUT2D eigenvalue weighted by Gasteiger charge is 2.15. The summed E-state index contributed by atoms with van der Waals surface area (Å²) in [7, 11) is 0. The topological polar surface area (TPSA) is 41.3 Å². The Balaban J connectivity index is 1.51. The maximum absolute atomic E-state index is 6.45. The van der Waals surface area contributed by atoms with Crippen LogP contribution < -0.4 is 16.0 Å². The SMILES string of the molecule is C=C1C(=C)c2ccccc2/C=C\N(c2cccc(C(C)NC(N)c3ccccc3)c2)/C=C\c2ccccc21. The van der Waals surface area contributed by atoms with E-state index in [1.165, 1.54) is 0 Å². The average molecular weight is 496 g/mol. The van der Waals surface area contributed by atoms with Crippen LogP contribution in [-0.4, -0.2) is 0 Å². The van der Waals surface area contributed by atoms with Crippen LogP contribution in [0.5, 0.6) is 0 Å². The lowest BCUT2D eigenvalue weighted by Gasteiger charge is -2.23. The summed E-state index contributed by atoms with van der Waals surface area (Å²) in [6.45, 7) is 11.0. The van der Waals surface area contributed by atoms with E-state index < -0.39 is 0 Å². The molecular formula is C35H33N3. The molecule has 1 heterocycles. The van der Waals surface area contributed by atoms with Crippen LogP contribution in [0.1, 0.15) is 52.5 Å². The molecule has 4 aromatic rings. The van der Waals surface area contributed by atoms with Gasteiger partial charge in [-0.3, -0.25) is 5.32 Å². The van der Waals surface area contributed by atoms with Gasteiger partial charge in [0.25, 0.3) is 0 Å². The number of rotatable bonds is 5. The molecule has 0 radical (unpaired) electrons. The summed E-state index contributed by atoms with van der Waals surface area (Å²) in [5.74, 6) is 0. The second-order valence-corrected chi connectivity index (χ2v) is 9.54. The van der Waals surface area contributed by atoms with Crippen LogP contribution in [0.25, 0.3) is 23.3 Å². The lowest BCUT2D eigenvalue weighted by atomic mass is 9.90. The molecule has 1 aliphatic rings. The zero-order valence-corrected chi connectivity index (χ0v) is 21.7. The molecule has 0 spiro atoms. The number of nitrogens with one attached hydrogen (secondary N) is 1. The largest absolute Gasteiger partial charge is 0.324 e. The summed E-state index contributed by atoms with van der Waals surface area (Å²) in [5.41, 5.74) is 15.9. The fourth-order valence-electron chi connectivity index (χ4n) is 4.78. The first-order chi connectivity index (χ1) is 18.5. The second-order valence-electron chi connectivity index (χ2n) is 9.54. The van der Waals surface area contributed by atoms with E-state index in [0.717, 1.165) is 50.2 Å². The van der Waals surface area contributed by atoms with E-state index in [1.54, 1.807) is 0 Å². The zero-order chi connectivity index (χ0) is 26.5. The van der Waals surface area contributed by atoms with Crippen molar-refractivity contribution in [3.8, 4) is 0 Å². The van der Waals surface area contributed by atoms with Crippen molar-refractivity contribution in [3.63, 3.8) is 0 Å². The van der Waals surface area contributed by atoms with E-state index in [4.69, 9.17) is 5.73 Å². The van der Waals surface area contributed by atoms with Gasteiger partial charge in [-0.25, -0.2) is 0 Å². The van der Waals surface area contributed by atoms with E-state index >= 15 is 0 Å². The molecule has 0 saturated heterocycles. The molecule has 2 atom stereocenters. The number of fused-ring (bicyclic) bond motifs is 2. The van der Waals surface area contributed by atoms with Gasteiger partial charge < -0.3 is 10.6 Å². The minimum atomic E-state index is -0.249. The van der Waals surface area contributed by atoms with Gasteiger partial charge in [0.2, 0.25) is 0 Å². The van der Waals surface area contributed by atoms with Gasteiger partial charge in [0, 0.05) is 24.1 Å². The normalized spacial score (nSPS) is 16.5. The van der Waals surface area contributed by atoms with Crippen LogP contribution in [0, 0.1) is 0 Å². The molecule has 0 fully saturated rings. The van der Waals surface area contributed by atoms with E-state index in [-0.39, 0.29) is 12.2 Å². The van der Waals surface area contributed by atoms with Crippen molar-refractivity contribution in [1.29, 1.82) is 0 Å². The molecule has 5 rings (SSSR count). The maximum atomic E-state index is 6.45. The lowest BCUT2D eigenvalue weighted by Crippen LogP contribution is -2.31. The lowest BCUT2D eigenvalue weighted by molar-refractivity contribution is 0.479. The standard InChI is InChI=1S/C35H33N3/c1-25-26(2)34-19-10-8-13-29(34)21-23-38(22-20-28-12-7-9-18-33(25)28)32-17-11-16-31(24-32)27(3)37-35(36)30-14-5-4-6-15-30/h4-24,27,35,37H,1-2,36H2,3H3/b22-20-,23-21-. The van der Waals surface area contributed by atoms with Crippen molar-refractivity contribution in [1.82, 2.24) is 5.32 Å². The first-order valence-corrected chi connectivity index (χ1v) is 12.9. The molecule has 0 bridgehead atoms. The summed E-state index contributed by atoms with van der Waals surface area (Å²) in [5, 5.41) is 3.53. The van der Waals surface area contributed by atoms with Gasteiger partial charge in [-0.2, -0.15) is 0 Å². The van der Waals surface area contributed by atoms with Crippen LogP contribution in [-0.2, 0) is 0 Å². The number of nitrogens with zero attached hydrogens (tertiary/aromatic N) is 1. The Morgan fingerprint density at radius 3 is 1.79 bits per heavy atom. The van der Waals surface area contributed by atoms with Crippen LogP contribution in [0.15, 0.2) is 129 Å². The van der Waals surface area contributed by atoms with Crippen molar-refractivity contribution in [2.75, 3.05) is 4.90 Å². The van der Waals surface area contributed by atoms with Gasteiger partial charge in [0.05, 0.1) is 6.17 Å². The molecule has 1 aliphatic heterocycles. The maximum Gasteiger partial charge on any atom is 0.0814 e. The summed E-state index contributed by atoms with van der Waals surface area (Å²) < 4.78 is 0. The third-order valence-corrected chi connectivity index (χ3v) is 7.02. The van der Waals surface area contributed by atoms with Gasteiger partial charge in [0.15, 0.2) is 0 Å². The Hall–Kier alpha value is -4.44. The number of benzene rings is 4. The molecule has 0 saturated carbocycles. The summed E-state index contributed by atoms with van der Waals surface area (Å²) in [4.78, 5) is 2.15. The molecule has 3 nitrogen and oxygen atoms in total. The number of anilines is 1. The van der Waals surface area contributed by atoms with E-state index in [1.807, 2.05) is 42.5 Å². The Morgan fingerprint density at radius 2 is 1.18 bits per heavy atom. The van der Waals surface area contributed by atoms with Gasteiger partial charge in [-0.05, 0) is 75.7 Å². The smallest absolute Gasteiger partial charge is 0.0814 e. The number of hydrogen-bond acceptors (Lipinski definition) is 3. The quantitative estimate of drug-likeness (QED) is 0.274. The van der Waals surface area contributed by atoms with E-state index in [9.17, 15) is 0 Å². The first-order valence-electron chi connectivity index (χ1n) is 12.9. The molecule has 188 valence electrons. The highest BCUT2D eigenvalue weighted by atomic mass is 15.1. The summed E-state index contributed by atoms with van der Waals surface area (Å²) >= 11 is 0. The van der Waals surface area contributed by atoms with Gasteiger partial charge in [-0.15, -0.1) is 0 Å². The van der Waals surface area contributed by atoms with E-state index in [0.29, 0.717) is 0 Å². The molecule has 0 aliphatic carbocycles. The summed E-state index contributed by atoms with van der Waals surface area (Å²) in [6.07, 6.45) is 8.22. The van der Waals surface area contributed by atoms with Gasteiger partial charge >= 0.3 is 0 Å². The predicted molar refractivity (Wildman–Crippen MR) is 163 cm³/mol. The molecule has 3 N–H and O–H groups in total. The molecule has 0 aromatic heterocycles. The fraction of sp³-hybridized carbons (Fsp3) is 0.0857. The minimum absolute atomic E-state index is 0.0650. The van der Waals surface area contributed by atoms with E-state index in [2.05, 4.69) is 116 Å². The molecule has 3 heteroatoms. The molecule has 2 unspecified atom stereocenters. The fourth-order valence-corrected chi connectivity index (χ4v) is 4.78. The minimum Gasteiger partial charge on any atom is -0.324 e. The third-order valence-electron chi connectivity index (χ3n) is 7.02. The number of nitrogens with two attached hydrogens (primary N) is 1. The average Bonchev–Trinajstić information content (AvgIpc) is 2.98. The van der Waals surface area contributed by atoms with Crippen LogP contribution in [0.3, 0.4) is 0 Å². The molecule has 0 amide bonds. The highest BCUT2D eigenvalue weighted by molar-refractivity contribution is 6.06. The predicted octanol–water partition coefficient (Wildman–Crippen LogP) is 8.18. The Morgan fingerprint density at radius 1 is 0.658 bits per heavy atom. The second kappa shape index (κ2) is 11.3. The highest BCUT2D eigenvalue weighted by Crippen LogP contribution is 2.34. The van der Waals surface area contributed by atoms with Crippen LogP contribution in [0.2, 0.25) is 0 Å². The molecular weight excluding hydrogens is 462 g/mol. The Kier molecular flexibility index (Phi) is 7.50. The first kappa shape index (κ1) is 25.2. The van der Waals surface area contributed by atoms with Crippen molar-refractivity contribution < 1.29 is 0 Å². The van der Waals surface area contributed by atoms with Crippen molar-refractivity contribution in [2.45, 2.75) is 19.1 Å². The van der Waals surface area contributed by atoms with Crippen molar-refractivity contribution >= 4 is 29.0 Å². The number of allylic oxidation sites excluding steroid dienone is 2. The van der Waals surface area contributed by atoms with Crippen molar-refractivity contribution in [3.05, 3.63) is 162 Å². The van der Waals surface area contributed by atoms with Gasteiger partial charge in [0.1, 0.15) is 0 Å². The Labute approximate surface area is 226 Å². The van der Waals surface area contributed by atoms with Crippen LogP contribution >= 0.6 is 0 Å².